The molecule has 0 fully saturated rings. The van der Waals surface area contributed by atoms with Crippen molar-refractivity contribution in [1.29, 1.82) is 0 Å². The molecule has 26 heavy (non-hydrogen) atoms. The SMILES string of the molecule is CCOCCCNC(=NC)NC(C)c1ccc(OCC)c(OCC)c1.I. The van der Waals surface area contributed by atoms with E-state index in [0.29, 0.717) is 13.2 Å². The van der Waals surface area contributed by atoms with Crippen molar-refractivity contribution in [2.75, 3.05) is 40.0 Å². The number of nitrogens with one attached hydrogen (secondary N) is 2. The lowest BCUT2D eigenvalue weighted by molar-refractivity contribution is 0.145. The van der Waals surface area contributed by atoms with Gasteiger partial charge in [0.15, 0.2) is 17.5 Å². The van der Waals surface area contributed by atoms with Gasteiger partial charge in [-0.25, -0.2) is 0 Å². The van der Waals surface area contributed by atoms with Gasteiger partial charge in [-0.3, -0.25) is 4.99 Å². The normalized spacial score (nSPS) is 12.1. The fourth-order valence-electron chi connectivity index (χ4n) is 2.35. The molecule has 0 saturated carbocycles. The van der Waals surface area contributed by atoms with Crippen molar-refractivity contribution >= 4 is 29.9 Å². The third-order valence-electron chi connectivity index (χ3n) is 3.61. The molecule has 0 radical (unpaired) electrons. The summed E-state index contributed by atoms with van der Waals surface area (Å²) < 4.78 is 16.7. The summed E-state index contributed by atoms with van der Waals surface area (Å²) in [6.45, 7) is 11.6. The highest BCUT2D eigenvalue weighted by Crippen LogP contribution is 2.30. The fourth-order valence-corrected chi connectivity index (χ4v) is 2.35. The topological polar surface area (TPSA) is 64.1 Å². The van der Waals surface area contributed by atoms with Crippen LogP contribution in [0.15, 0.2) is 23.2 Å². The molecular formula is C19H34IN3O3. The van der Waals surface area contributed by atoms with Crippen molar-refractivity contribution < 1.29 is 14.2 Å². The van der Waals surface area contributed by atoms with E-state index in [2.05, 4.69) is 22.5 Å². The molecule has 0 aliphatic heterocycles. The van der Waals surface area contributed by atoms with Crippen LogP contribution in [0.2, 0.25) is 0 Å². The second-order valence-corrected chi connectivity index (χ2v) is 5.49. The second-order valence-electron chi connectivity index (χ2n) is 5.49. The molecule has 0 aromatic heterocycles. The maximum absolute atomic E-state index is 5.70. The molecule has 0 aliphatic carbocycles. The van der Waals surface area contributed by atoms with Crippen molar-refractivity contribution in [2.45, 2.75) is 40.2 Å². The lowest BCUT2D eigenvalue weighted by Crippen LogP contribution is -2.39. The molecule has 1 unspecified atom stereocenters. The fraction of sp³-hybridized carbons (Fsp3) is 0.632. The smallest absolute Gasteiger partial charge is 0.191 e. The van der Waals surface area contributed by atoms with Gasteiger partial charge in [-0.05, 0) is 51.8 Å². The van der Waals surface area contributed by atoms with E-state index in [0.717, 1.165) is 49.2 Å². The van der Waals surface area contributed by atoms with Gasteiger partial charge in [-0.2, -0.15) is 0 Å². The third kappa shape index (κ3) is 8.93. The molecule has 1 aromatic rings. The Morgan fingerprint density at radius 3 is 2.38 bits per heavy atom. The zero-order valence-electron chi connectivity index (χ0n) is 16.6. The van der Waals surface area contributed by atoms with Gasteiger partial charge in [0.1, 0.15) is 0 Å². The van der Waals surface area contributed by atoms with E-state index >= 15 is 0 Å². The van der Waals surface area contributed by atoms with Crippen LogP contribution in [0.3, 0.4) is 0 Å². The number of guanidine groups is 1. The van der Waals surface area contributed by atoms with Crippen molar-refractivity contribution in [2.24, 2.45) is 4.99 Å². The summed E-state index contributed by atoms with van der Waals surface area (Å²) in [6.07, 6.45) is 0.945. The highest BCUT2D eigenvalue weighted by molar-refractivity contribution is 14.0. The molecule has 0 spiro atoms. The molecule has 0 amide bonds. The second kappa shape index (κ2) is 14.9. The third-order valence-corrected chi connectivity index (χ3v) is 3.61. The number of ether oxygens (including phenoxy) is 3. The maximum Gasteiger partial charge on any atom is 0.191 e. The summed E-state index contributed by atoms with van der Waals surface area (Å²) in [6, 6.07) is 6.12. The molecule has 1 atom stereocenters. The summed E-state index contributed by atoms with van der Waals surface area (Å²) in [5, 5.41) is 6.70. The number of rotatable bonds is 11. The lowest BCUT2D eigenvalue weighted by Gasteiger charge is -2.20. The van der Waals surface area contributed by atoms with E-state index in [1.807, 2.05) is 39.0 Å². The minimum atomic E-state index is 0. The first-order valence-corrected chi connectivity index (χ1v) is 9.10. The summed E-state index contributed by atoms with van der Waals surface area (Å²) in [5.74, 6) is 2.32. The first-order chi connectivity index (χ1) is 12.2. The van der Waals surface area contributed by atoms with E-state index in [4.69, 9.17) is 14.2 Å². The standard InChI is InChI=1S/C19H33N3O3.HI/c1-6-23-13-9-12-21-19(20-5)22-15(4)16-10-11-17(24-7-2)18(14-16)25-8-3;/h10-11,14-15H,6-9,12-13H2,1-5H3,(H2,20,21,22);1H. The Hall–Kier alpha value is -1.22. The molecule has 0 bridgehead atoms. The van der Waals surface area contributed by atoms with Gasteiger partial charge in [0, 0.05) is 26.8 Å². The molecule has 2 N–H and O–H groups in total. The number of benzene rings is 1. The molecule has 1 rings (SSSR count). The molecule has 7 heteroatoms. The molecule has 0 aliphatic rings. The van der Waals surface area contributed by atoms with E-state index in [-0.39, 0.29) is 30.0 Å². The van der Waals surface area contributed by atoms with Crippen molar-refractivity contribution in [1.82, 2.24) is 10.6 Å². The van der Waals surface area contributed by atoms with Crippen LogP contribution < -0.4 is 20.1 Å². The number of aliphatic imine (C=N–C) groups is 1. The van der Waals surface area contributed by atoms with Crippen LogP contribution in [-0.4, -0.2) is 46.0 Å². The monoisotopic (exact) mass is 479 g/mol. The Morgan fingerprint density at radius 1 is 1.08 bits per heavy atom. The van der Waals surface area contributed by atoms with Crippen LogP contribution in [0.25, 0.3) is 0 Å². The molecule has 0 saturated heterocycles. The predicted molar refractivity (Wildman–Crippen MR) is 118 cm³/mol. The van der Waals surface area contributed by atoms with E-state index in [1.165, 1.54) is 0 Å². The average Bonchev–Trinajstić information content (AvgIpc) is 2.62. The number of nitrogens with zero attached hydrogens (tertiary/aromatic N) is 1. The average molecular weight is 479 g/mol. The number of hydrogen-bond acceptors (Lipinski definition) is 4. The quantitative estimate of drug-likeness (QED) is 0.219. The largest absolute Gasteiger partial charge is 0.490 e. The van der Waals surface area contributed by atoms with E-state index < -0.39 is 0 Å². The van der Waals surface area contributed by atoms with E-state index in [9.17, 15) is 0 Å². The van der Waals surface area contributed by atoms with Crippen molar-refractivity contribution in [3.8, 4) is 11.5 Å². The summed E-state index contributed by atoms with van der Waals surface area (Å²) in [4.78, 5) is 4.27. The van der Waals surface area contributed by atoms with Gasteiger partial charge in [0.05, 0.1) is 19.3 Å². The number of hydrogen-bond donors (Lipinski definition) is 2. The Labute approximate surface area is 175 Å². The Bertz CT molecular complexity index is 527. The van der Waals surface area contributed by atoms with Gasteiger partial charge in [0.25, 0.3) is 0 Å². The summed E-state index contributed by atoms with van der Waals surface area (Å²) in [5.41, 5.74) is 1.11. The Morgan fingerprint density at radius 2 is 1.77 bits per heavy atom. The molecule has 1 aromatic carbocycles. The Balaban J connectivity index is 0.00000625. The maximum atomic E-state index is 5.70. The van der Waals surface area contributed by atoms with Crippen LogP contribution in [0.5, 0.6) is 11.5 Å². The van der Waals surface area contributed by atoms with Gasteiger partial charge in [0.2, 0.25) is 0 Å². The van der Waals surface area contributed by atoms with E-state index in [1.54, 1.807) is 7.05 Å². The van der Waals surface area contributed by atoms with Crippen LogP contribution >= 0.6 is 24.0 Å². The molecule has 6 nitrogen and oxygen atoms in total. The highest BCUT2D eigenvalue weighted by Gasteiger charge is 2.12. The van der Waals surface area contributed by atoms with Gasteiger partial charge in [-0.1, -0.05) is 6.07 Å². The first kappa shape index (κ1) is 24.8. The van der Waals surface area contributed by atoms with Gasteiger partial charge in [-0.15, -0.1) is 24.0 Å². The molecule has 150 valence electrons. The van der Waals surface area contributed by atoms with Crippen LogP contribution in [0.1, 0.15) is 45.7 Å². The zero-order chi connectivity index (χ0) is 18.5. The van der Waals surface area contributed by atoms with Crippen LogP contribution in [0, 0.1) is 0 Å². The predicted octanol–water partition coefficient (Wildman–Crippen LogP) is 3.75. The van der Waals surface area contributed by atoms with Crippen LogP contribution in [-0.2, 0) is 4.74 Å². The minimum Gasteiger partial charge on any atom is -0.490 e. The molecular weight excluding hydrogens is 445 g/mol. The summed E-state index contributed by atoms with van der Waals surface area (Å²) in [7, 11) is 1.77. The minimum absolute atomic E-state index is 0. The highest BCUT2D eigenvalue weighted by atomic mass is 127. The lowest BCUT2D eigenvalue weighted by atomic mass is 10.1. The summed E-state index contributed by atoms with van der Waals surface area (Å²) >= 11 is 0. The Kier molecular flexibility index (Phi) is 14.2. The zero-order valence-corrected chi connectivity index (χ0v) is 19.0. The number of halogens is 1. The van der Waals surface area contributed by atoms with Gasteiger partial charge >= 0.3 is 0 Å². The molecule has 0 heterocycles. The van der Waals surface area contributed by atoms with Crippen LogP contribution in [0.4, 0.5) is 0 Å². The first-order valence-electron chi connectivity index (χ1n) is 9.10. The van der Waals surface area contributed by atoms with Crippen molar-refractivity contribution in [3.05, 3.63) is 23.8 Å². The van der Waals surface area contributed by atoms with Gasteiger partial charge < -0.3 is 24.8 Å². The van der Waals surface area contributed by atoms with Crippen molar-refractivity contribution in [3.63, 3.8) is 0 Å².